The molecule has 2 amide bonds. The maximum Gasteiger partial charge on any atom is 0.276 e. The van der Waals surface area contributed by atoms with Crippen LogP contribution in [0.3, 0.4) is 0 Å². The number of nitrogens with zero attached hydrogens (tertiary/aromatic N) is 6. The van der Waals surface area contributed by atoms with Crippen LogP contribution in [0.4, 0.5) is 24.7 Å². The van der Waals surface area contributed by atoms with Gasteiger partial charge in [0.05, 0.1) is 47.1 Å². The quantitative estimate of drug-likeness (QED) is 0.265. The molecule has 1 unspecified atom stereocenters. The number of aromatic nitrogens is 5. The molecule has 0 spiro atoms. The molecule has 0 bridgehead atoms. The molecule has 1 saturated carbocycles. The summed E-state index contributed by atoms with van der Waals surface area (Å²) in [6.07, 6.45) is 4.64. The third-order valence-corrected chi connectivity index (χ3v) is 8.61. The number of carbonyl (C=O) groups is 2. The minimum atomic E-state index is -3.05. The van der Waals surface area contributed by atoms with Gasteiger partial charge < -0.3 is 10.4 Å². The van der Waals surface area contributed by atoms with Crippen molar-refractivity contribution in [1.82, 2.24) is 24.7 Å². The number of aliphatic hydroxyl groups is 1. The van der Waals surface area contributed by atoms with Crippen LogP contribution >= 0.6 is 11.6 Å². The van der Waals surface area contributed by atoms with Crippen LogP contribution in [0.2, 0.25) is 5.02 Å². The third kappa shape index (κ3) is 5.19. The maximum atomic E-state index is 14.8. The average Bonchev–Trinajstić information content (AvgIpc) is 3.54. The number of hydrogen-bond acceptors (Lipinski definition) is 7. The Hall–Kier alpha value is -4.36. The lowest BCUT2D eigenvalue weighted by atomic mass is 9.76. The normalized spacial score (nSPS) is 18.4. The summed E-state index contributed by atoms with van der Waals surface area (Å²) in [6, 6.07) is 3.65. The number of hydrogen-bond donors (Lipinski definition) is 2. The first kappa shape index (κ1) is 29.7. The predicted octanol–water partition coefficient (Wildman–Crippen LogP) is 5.50. The lowest BCUT2D eigenvalue weighted by Gasteiger charge is -2.25. The number of aryl methyl sites for hydroxylation is 1. The smallest absolute Gasteiger partial charge is 0.276 e. The Morgan fingerprint density at radius 1 is 1.20 bits per heavy atom. The zero-order valence-electron chi connectivity index (χ0n) is 23.6. The molecule has 2 N–H and O–H groups in total. The van der Waals surface area contributed by atoms with Crippen LogP contribution in [0.25, 0.3) is 11.3 Å². The number of halogens is 4. The Labute approximate surface area is 254 Å². The van der Waals surface area contributed by atoms with Crippen molar-refractivity contribution in [3.63, 3.8) is 0 Å². The summed E-state index contributed by atoms with van der Waals surface area (Å²) in [5.74, 6) is -0.624. The highest BCUT2D eigenvalue weighted by molar-refractivity contribution is 6.31. The van der Waals surface area contributed by atoms with Gasteiger partial charge in [-0.25, -0.2) is 23.1 Å². The number of benzene rings is 1. The molecule has 1 aliphatic heterocycles. The molecule has 0 radical (unpaired) electrons. The number of pyridine rings is 1. The fourth-order valence-electron chi connectivity index (χ4n) is 5.73. The standard InChI is InChI=1S/C30H27ClF3N7O3/c1-14-7-17(8-36-28(14)40-11-16-3-4-19(16)30(40)44)15(2)41-12-18(9-37-41)38-29(43)26-23(13-42)35-10-22(39-26)24-20(27(33)34)5-6-21(31)25(24)32/h5-10,12,15-16,19,27,42H,3-4,11,13H2,1-2H3,(H,38,43)/t15?,16-,19-/m1/s1. The zero-order valence-corrected chi connectivity index (χ0v) is 24.4. The topological polar surface area (TPSA) is 126 Å². The lowest BCUT2D eigenvalue weighted by molar-refractivity contribution is -0.123. The molecule has 6 rings (SSSR count). The minimum absolute atomic E-state index is 0.113. The zero-order chi connectivity index (χ0) is 31.3. The van der Waals surface area contributed by atoms with Gasteiger partial charge in [0.1, 0.15) is 5.82 Å². The van der Waals surface area contributed by atoms with Gasteiger partial charge in [0.2, 0.25) is 5.91 Å². The van der Waals surface area contributed by atoms with Crippen LogP contribution in [0.5, 0.6) is 0 Å². The SMILES string of the molecule is Cc1cc(C(C)n2cc(NC(=O)c3nc(-c4c(C(F)F)ccc(Cl)c4F)cnc3CO)cn2)cnc1N1C[C@H]2CC[C@H]2C1=O. The van der Waals surface area contributed by atoms with Crippen LogP contribution in [0, 0.1) is 24.6 Å². The highest BCUT2D eigenvalue weighted by Crippen LogP contribution is 2.43. The van der Waals surface area contributed by atoms with Crippen molar-refractivity contribution < 1.29 is 27.9 Å². The summed E-state index contributed by atoms with van der Waals surface area (Å²) < 4.78 is 43.8. The molecule has 3 atom stereocenters. The Morgan fingerprint density at radius 2 is 2.00 bits per heavy atom. The Bertz CT molecular complexity index is 1780. The fourth-order valence-corrected chi connectivity index (χ4v) is 5.88. The molecule has 14 heteroatoms. The van der Waals surface area contributed by atoms with E-state index < -0.39 is 40.9 Å². The molecule has 1 saturated heterocycles. The molecule has 4 heterocycles. The van der Waals surface area contributed by atoms with Crippen molar-refractivity contribution in [3.8, 4) is 11.3 Å². The number of anilines is 2. The monoisotopic (exact) mass is 625 g/mol. The molecule has 44 heavy (non-hydrogen) atoms. The summed E-state index contributed by atoms with van der Waals surface area (Å²) in [5.41, 5.74) is -0.147. The largest absolute Gasteiger partial charge is 0.390 e. The molecular weight excluding hydrogens is 599 g/mol. The van der Waals surface area contributed by atoms with Crippen LogP contribution in [0.1, 0.15) is 65.1 Å². The van der Waals surface area contributed by atoms with Gasteiger partial charge >= 0.3 is 0 Å². The molecule has 3 aromatic heterocycles. The van der Waals surface area contributed by atoms with Crippen molar-refractivity contribution in [2.45, 2.75) is 45.8 Å². The molecule has 2 aliphatic rings. The number of amides is 2. The van der Waals surface area contributed by atoms with Crippen molar-refractivity contribution in [2.24, 2.45) is 11.8 Å². The number of fused-ring (bicyclic) bond motifs is 1. The first-order valence-corrected chi connectivity index (χ1v) is 14.3. The van der Waals surface area contributed by atoms with Gasteiger partial charge in [-0.05, 0) is 55.9 Å². The lowest BCUT2D eigenvalue weighted by Crippen LogP contribution is -2.29. The molecule has 1 aliphatic carbocycles. The maximum absolute atomic E-state index is 14.8. The summed E-state index contributed by atoms with van der Waals surface area (Å²) in [5, 5.41) is 16.3. The van der Waals surface area contributed by atoms with Crippen LogP contribution < -0.4 is 10.2 Å². The Balaban J connectivity index is 1.22. The van der Waals surface area contributed by atoms with Crippen molar-refractivity contribution in [2.75, 3.05) is 16.8 Å². The first-order chi connectivity index (χ1) is 21.1. The van der Waals surface area contributed by atoms with Crippen molar-refractivity contribution in [3.05, 3.63) is 81.9 Å². The second-order valence-electron chi connectivity index (χ2n) is 11.0. The highest BCUT2D eigenvalue weighted by atomic mass is 35.5. The van der Waals surface area contributed by atoms with Gasteiger partial charge in [-0.1, -0.05) is 17.7 Å². The summed E-state index contributed by atoms with van der Waals surface area (Å²) in [4.78, 5) is 40.4. The molecular formula is C30H27ClF3N7O3. The molecule has 1 aromatic carbocycles. The molecule has 10 nitrogen and oxygen atoms in total. The fraction of sp³-hybridized carbons (Fsp3) is 0.333. The number of aliphatic hydroxyl groups excluding tert-OH is 1. The second kappa shape index (κ2) is 11.6. The minimum Gasteiger partial charge on any atom is -0.390 e. The number of rotatable bonds is 8. The van der Waals surface area contributed by atoms with E-state index in [0.717, 1.165) is 42.3 Å². The van der Waals surface area contributed by atoms with E-state index in [4.69, 9.17) is 11.6 Å². The number of alkyl halides is 2. The average molecular weight is 626 g/mol. The highest BCUT2D eigenvalue weighted by Gasteiger charge is 2.47. The van der Waals surface area contributed by atoms with E-state index in [1.165, 1.54) is 6.20 Å². The Morgan fingerprint density at radius 3 is 2.64 bits per heavy atom. The van der Waals surface area contributed by atoms with E-state index in [1.807, 2.05) is 19.9 Å². The van der Waals surface area contributed by atoms with E-state index in [0.29, 0.717) is 18.3 Å². The summed E-state index contributed by atoms with van der Waals surface area (Å²) in [7, 11) is 0. The van der Waals surface area contributed by atoms with Crippen molar-refractivity contribution >= 4 is 34.9 Å². The van der Waals surface area contributed by atoms with Crippen LogP contribution in [-0.4, -0.2) is 48.2 Å². The predicted molar refractivity (Wildman–Crippen MR) is 155 cm³/mol. The molecule has 4 aromatic rings. The van der Waals surface area contributed by atoms with Gasteiger partial charge in [-0.3, -0.25) is 24.2 Å². The number of carbonyl (C=O) groups excluding carboxylic acids is 2. The van der Waals surface area contributed by atoms with Crippen LogP contribution in [0.15, 0.2) is 43.0 Å². The summed E-state index contributed by atoms with van der Waals surface area (Å²) >= 11 is 5.83. The van der Waals surface area contributed by atoms with E-state index in [1.54, 1.807) is 22.0 Å². The van der Waals surface area contributed by atoms with E-state index in [-0.39, 0.29) is 40.6 Å². The first-order valence-electron chi connectivity index (χ1n) is 13.9. The van der Waals surface area contributed by atoms with E-state index >= 15 is 0 Å². The van der Waals surface area contributed by atoms with Gasteiger partial charge in [0.25, 0.3) is 12.3 Å². The van der Waals surface area contributed by atoms with Gasteiger partial charge in [0, 0.05) is 36.0 Å². The van der Waals surface area contributed by atoms with Crippen LogP contribution in [-0.2, 0) is 11.4 Å². The second-order valence-corrected chi connectivity index (χ2v) is 11.4. The van der Waals surface area contributed by atoms with Gasteiger partial charge in [-0.2, -0.15) is 5.10 Å². The number of nitrogens with one attached hydrogen (secondary N) is 1. The van der Waals surface area contributed by atoms with Gasteiger partial charge in [0.15, 0.2) is 11.5 Å². The van der Waals surface area contributed by atoms with E-state index in [2.05, 4.69) is 25.4 Å². The third-order valence-electron chi connectivity index (χ3n) is 8.32. The van der Waals surface area contributed by atoms with E-state index in [9.17, 15) is 27.9 Å². The summed E-state index contributed by atoms with van der Waals surface area (Å²) in [6.45, 7) is 3.82. The molecule has 2 fully saturated rings. The Kier molecular flexibility index (Phi) is 7.84. The van der Waals surface area contributed by atoms with Gasteiger partial charge in [-0.15, -0.1) is 0 Å². The van der Waals surface area contributed by atoms with Crippen molar-refractivity contribution in [1.29, 1.82) is 0 Å². The molecule has 228 valence electrons.